The third-order valence-electron chi connectivity index (χ3n) is 7.77. The van der Waals surface area contributed by atoms with Gasteiger partial charge in [-0.1, -0.05) is 42.5 Å². The Morgan fingerprint density at radius 3 is 2.67 bits per heavy atom. The maximum atomic E-state index is 14.3. The van der Waals surface area contributed by atoms with Crippen molar-refractivity contribution in [2.45, 2.75) is 54.7 Å². The second-order valence-electron chi connectivity index (χ2n) is 10.1. The van der Waals surface area contributed by atoms with Gasteiger partial charge >= 0.3 is 5.97 Å². The van der Waals surface area contributed by atoms with E-state index < -0.39 is 27.4 Å². The molecule has 2 bridgehead atoms. The minimum atomic E-state index is -0.706. The van der Waals surface area contributed by atoms with E-state index in [1.54, 1.807) is 33.7 Å². The van der Waals surface area contributed by atoms with Gasteiger partial charge in [-0.3, -0.25) is 14.4 Å². The highest BCUT2D eigenvalue weighted by molar-refractivity contribution is 8.02. The number of benzene rings is 1. The molecule has 3 fully saturated rings. The van der Waals surface area contributed by atoms with Crippen LogP contribution in [-0.4, -0.2) is 74.5 Å². The van der Waals surface area contributed by atoms with E-state index in [4.69, 9.17) is 4.74 Å². The molecule has 0 aromatic heterocycles. The van der Waals surface area contributed by atoms with Crippen LogP contribution in [0.5, 0.6) is 0 Å². The standard InChI is InChI=1S/C28H36N2O5S/c1-4-6-18-35-26(34)22-21-24(32)30(16-10-17-31)23(28(21)14-13-27(22,3)36-28)25(33)29(15-5-2)19-20-11-8-7-9-12-20/h4-5,7-9,11-12,21-23,31H,1-2,6,10,13-19H2,3H3/t21-,22-,23?,27+,28?/m0/s1. The number of aliphatic hydroxyl groups is 1. The van der Waals surface area contributed by atoms with Crippen LogP contribution in [0.4, 0.5) is 0 Å². The van der Waals surface area contributed by atoms with Gasteiger partial charge < -0.3 is 19.6 Å². The number of fused-ring (bicyclic) bond motifs is 1. The van der Waals surface area contributed by atoms with E-state index >= 15 is 0 Å². The first-order chi connectivity index (χ1) is 17.3. The van der Waals surface area contributed by atoms with Crippen LogP contribution in [0.15, 0.2) is 55.6 Å². The zero-order valence-electron chi connectivity index (χ0n) is 20.9. The van der Waals surface area contributed by atoms with Crippen LogP contribution in [-0.2, 0) is 25.7 Å². The predicted octanol–water partition coefficient (Wildman–Crippen LogP) is 3.18. The molecular formula is C28H36N2O5S. The van der Waals surface area contributed by atoms with E-state index in [0.29, 0.717) is 32.4 Å². The highest BCUT2D eigenvalue weighted by atomic mass is 32.2. The van der Waals surface area contributed by atoms with Crippen molar-refractivity contribution in [1.29, 1.82) is 0 Å². The third kappa shape index (κ3) is 4.50. The Bertz CT molecular complexity index is 1020. The number of nitrogens with zero attached hydrogens (tertiary/aromatic N) is 2. The van der Waals surface area contributed by atoms with Gasteiger partial charge in [-0.25, -0.2) is 0 Å². The monoisotopic (exact) mass is 512 g/mol. The number of likely N-dealkylation sites (tertiary alicyclic amines) is 1. The summed E-state index contributed by atoms with van der Waals surface area (Å²) >= 11 is 1.63. The summed E-state index contributed by atoms with van der Waals surface area (Å²) in [6.45, 7) is 10.7. The largest absolute Gasteiger partial charge is 0.465 e. The molecule has 3 aliphatic heterocycles. The average Bonchev–Trinajstić information content (AvgIpc) is 3.43. The van der Waals surface area contributed by atoms with Crippen LogP contribution in [0.25, 0.3) is 0 Å². The number of hydrogen-bond acceptors (Lipinski definition) is 6. The van der Waals surface area contributed by atoms with E-state index in [1.165, 1.54) is 0 Å². The van der Waals surface area contributed by atoms with Crippen molar-refractivity contribution in [3.8, 4) is 0 Å². The summed E-state index contributed by atoms with van der Waals surface area (Å²) in [4.78, 5) is 44.9. The molecule has 0 radical (unpaired) electrons. The summed E-state index contributed by atoms with van der Waals surface area (Å²) in [5.41, 5.74) is 0.993. The van der Waals surface area contributed by atoms with Crippen LogP contribution in [0.1, 0.15) is 38.2 Å². The summed E-state index contributed by atoms with van der Waals surface area (Å²) in [5.74, 6) is -1.90. The Balaban J connectivity index is 1.70. The molecule has 1 N–H and O–H groups in total. The van der Waals surface area contributed by atoms with Gasteiger partial charge in [0.25, 0.3) is 0 Å². The molecule has 8 heteroatoms. The van der Waals surface area contributed by atoms with E-state index in [1.807, 2.05) is 37.3 Å². The first kappa shape index (κ1) is 26.5. The summed E-state index contributed by atoms with van der Waals surface area (Å²) < 4.78 is 4.41. The molecule has 4 rings (SSSR count). The van der Waals surface area contributed by atoms with Crippen LogP contribution < -0.4 is 0 Å². The number of hydrogen-bond donors (Lipinski definition) is 1. The quantitative estimate of drug-likeness (QED) is 0.263. The van der Waals surface area contributed by atoms with Crippen molar-refractivity contribution in [2.75, 3.05) is 26.3 Å². The topological polar surface area (TPSA) is 87.1 Å². The fraction of sp³-hybridized carbons (Fsp3) is 0.536. The van der Waals surface area contributed by atoms with Crippen molar-refractivity contribution in [3.05, 3.63) is 61.2 Å². The lowest BCUT2D eigenvalue weighted by molar-refractivity contribution is -0.155. The summed E-state index contributed by atoms with van der Waals surface area (Å²) in [5, 5.41) is 9.53. The third-order valence-corrected chi connectivity index (χ3v) is 9.75. The van der Waals surface area contributed by atoms with Crippen LogP contribution in [0.2, 0.25) is 0 Å². The van der Waals surface area contributed by atoms with Gasteiger partial charge in [0.1, 0.15) is 6.04 Å². The smallest absolute Gasteiger partial charge is 0.311 e. The number of thioether (sulfide) groups is 1. The van der Waals surface area contributed by atoms with Crippen molar-refractivity contribution in [3.63, 3.8) is 0 Å². The van der Waals surface area contributed by atoms with Gasteiger partial charge in [0.05, 0.1) is 23.2 Å². The molecule has 36 heavy (non-hydrogen) atoms. The number of aliphatic hydroxyl groups excluding tert-OH is 1. The summed E-state index contributed by atoms with van der Waals surface area (Å²) in [6.07, 6.45) is 5.73. The molecule has 0 aliphatic carbocycles. The van der Waals surface area contributed by atoms with E-state index in [2.05, 4.69) is 13.2 Å². The second-order valence-corrected chi connectivity index (χ2v) is 12.0. The van der Waals surface area contributed by atoms with E-state index in [0.717, 1.165) is 12.0 Å². The highest BCUT2D eigenvalue weighted by Crippen LogP contribution is 2.71. The molecule has 2 unspecified atom stereocenters. The second kappa shape index (κ2) is 10.8. The van der Waals surface area contributed by atoms with Gasteiger partial charge in [-0.05, 0) is 38.2 Å². The molecule has 1 spiro atoms. The van der Waals surface area contributed by atoms with Crippen molar-refractivity contribution < 1.29 is 24.2 Å². The molecule has 3 heterocycles. The van der Waals surface area contributed by atoms with Gasteiger partial charge in [0, 0.05) is 31.0 Å². The zero-order chi connectivity index (χ0) is 25.9. The molecule has 1 aromatic rings. The highest BCUT2D eigenvalue weighted by Gasteiger charge is 2.77. The van der Waals surface area contributed by atoms with Crippen LogP contribution in [0, 0.1) is 11.8 Å². The fourth-order valence-electron chi connectivity index (χ4n) is 6.24. The first-order valence-corrected chi connectivity index (χ1v) is 13.5. The molecule has 7 nitrogen and oxygen atoms in total. The lowest BCUT2D eigenvalue weighted by Gasteiger charge is -2.37. The lowest BCUT2D eigenvalue weighted by Crippen LogP contribution is -2.54. The average molecular weight is 513 g/mol. The first-order valence-electron chi connectivity index (χ1n) is 12.7. The summed E-state index contributed by atoms with van der Waals surface area (Å²) in [7, 11) is 0. The minimum absolute atomic E-state index is 0.0827. The molecule has 0 saturated carbocycles. The van der Waals surface area contributed by atoms with Gasteiger partial charge in [0.2, 0.25) is 11.8 Å². The molecule has 194 valence electrons. The van der Waals surface area contributed by atoms with Crippen molar-refractivity contribution >= 4 is 29.5 Å². The Hall–Kier alpha value is -2.58. The van der Waals surface area contributed by atoms with Gasteiger partial charge in [0.15, 0.2) is 0 Å². The van der Waals surface area contributed by atoms with Gasteiger partial charge in [-0.2, -0.15) is 0 Å². The Morgan fingerprint density at radius 1 is 1.25 bits per heavy atom. The van der Waals surface area contributed by atoms with Crippen LogP contribution >= 0.6 is 11.8 Å². The number of carbonyl (C=O) groups excluding carboxylic acids is 3. The molecule has 2 amide bonds. The molecule has 3 aliphatic rings. The summed E-state index contributed by atoms with van der Waals surface area (Å²) in [6, 6.07) is 9.04. The Kier molecular flexibility index (Phi) is 7.95. The number of carbonyl (C=O) groups is 3. The minimum Gasteiger partial charge on any atom is -0.465 e. The maximum Gasteiger partial charge on any atom is 0.311 e. The SMILES string of the molecule is C=CCCOC(=O)[C@@H]1[C@H]2C(=O)N(CCCO)C(C(=O)N(CC=C)Cc3ccccc3)C23CC[C@@]1(C)S3. The predicted molar refractivity (Wildman–Crippen MR) is 140 cm³/mol. The van der Waals surface area contributed by atoms with Gasteiger partial charge in [-0.15, -0.1) is 24.9 Å². The fourth-order valence-corrected chi connectivity index (χ4v) is 8.58. The van der Waals surface area contributed by atoms with Crippen molar-refractivity contribution in [1.82, 2.24) is 9.80 Å². The Labute approximate surface area is 217 Å². The van der Waals surface area contributed by atoms with E-state index in [9.17, 15) is 19.5 Å². The van der Waals surface area contributed by atoms with Crippen LogP contribution in [0.3, 0.4) is 0 Å². The molecule has 5 atom stereocenters. The molecule has 3 saturated heterocycles. The zero-order valence-corrected chi connectivity index (χ0v) is 21.8. The number of ether oxygens (including phenoxy) is 1. The number of amides is 2. The maximum absolute atomic E-state index is 14.3. The molecule has 1 aromatic carbocycles. The van der Waals surface area contributed by atoms with E-state index in [-0.39, 0.29) is 37.5 Å². The number of rotatable bonds is 12. The molecular weight excluding hydrogens is 476 g/mol. The normalized spacial score (nSPS) is 30.2. The number of esters is 1. The lowest BCUT2D eigenvalue weighted by atomic mass is 9.66. The Morgan fingerprint density at radius 2 is 2.00 bits per heavy atom. The van der Waals surface area contributed by atoms with Crippen molar-refractivity contribution in [2.24, 2.45) is 11.8 Å².